The number of piperidine rings is 2. The molecule has 0 radical (unpaired) electrons. The van der Waals surface area contributed by atoms with Crippen LogP contribution in [-0.2, 0) is 27.1 Å². The Hall–Kier alpha value is -2.30. The molecule has 7 rings (SSSR count). The fourth-order valence-electron chi connectivity index (χ4n) is 8.22. The van der Waals surface area contributed by atoms with Gasteiger partial charge in [0, 0.05) is 50.7 Å². The minimum atomic E-state index is -0.831. The lowest BCUT2D eigenvalue weighted by Gasteiger charge is -2.52. The molecular weight excluding hydrogens is 552 g/mol. The van der Waals surface area contributed by atoms with E-state index in [9.17, 15) is 18.6 Å². The van der Waals surface area contributed by atoms with Gasteiger partial charge in [0.1, 0.15) is 28.9 Å². The van der Waals surface area contributed by atoms with E-state index in [0.29, 0.717) is 24.6 Å². The summed E-state index contributed by atoms with van der Waals surface area (Å²) in [5.41, 5.74) is 1.51. The summed E-state index contributed by atoms with van der Waals surface area (Å²) in [5.74, 6) is 1.44. The molecule has 1 aromatic rings. The molecule has 1 aromatic carbocycles. The highest BCUT2D eigenvalue weighted by molar-refractivity contribution is 7.84. The highest BCUT2D eigenvalue weighted by atomic mass is 32.2. The van der Waals surface area contributed by atoms with Crippen molar-refractivity contribution in [3.05, 3.63) is 29.3 Å². The van der Waals surface area contributed by atoms with Crippen molar-refractivity contribution in [2.75, 3.05) is 26.2 Å². The molecule has 4 unspecified atom stereocenters. The minimum Gasteiger partial charge on any atom is -0.489 e. The van der Waals surface area contributed by atoms with Crippen molar-refractivity contribution in [1.29, 1.82) is 0 Å². The van der Waals surface area contributed by atoms with Gasteiger partial charge in [0.2, 0.25) is 11.8 Å². The zero-order chi connectivity index (χ0) is 29.0. The number of hydrogen-bond acceptors (Lipinski definition) is 6. The molecule has 5 fully saturated rings. The van der Waals surface area contributed by atoms with Crippen molar-refractivity contribution < 1.29 is 23.3 Å². The maximum absolute atomic E-state index is 13.1. The van der Waals surface area contributed by atoms with Crippen LogP contribution in [0.1, 0.15) is 93.5 Å². The van der Waals surface area contributed by atoms with Crippen LogP contribution in [0.5, 0.6) is 5.75 Å². The smallest absolute Gasteiger partial charge is 0.255 e. The molecule has 3 saturated heterocycles. The summed E-state index contributed by atoms with van der Waals surface area (Å²) in [7, 11) is -0.831. The van der Waals surface area contributed by atoms with Gasteiger partial charge in [0.05, 0.1) is 4.75 Å². The van der Waals surface area contributed by atoms with Gasteiger partial charge in [0.25, 0.3) is 5.91 Å². The molecule has 0 aromatic heterocycles. The van der Waals surface area contributed by atoms with Gasteiger partial charge < -0.3 is 9.64 Å². The van der Waals surface area contributed by atoms with Crippen LogP contribution in [0.25, 0.3) is 0 Å². The summed E-state index contributed by atoms with van der Waals surface area (Å²) in [4.78, 5) is 41.3. The standard InChI is InChI=1S/C32H44N4O5S/c1-32(13-4-14-32)42(40)35-15-11-21(12-16-35)23-18-34(19-23)26-5-2-3-6-28(26)41-24-7-8-25-22(17-24)20-36(31(25)39)27-9-10-29(37)33-30(27)38/h7-8,17,21,23,26-28H,2-6,9-16,18-20H2,1H3,(H,33,37,38). The number of carbonyl (C=O) groups excluding carboxylic acids is 3. The zero-order valence-corrected chi connectivity index (χ0v) is 25.5. The summed E-state index contributed by atoms with van der Waals surface area (Å²) >= 11 is 0. The largest absolute Gasteiger partial charge is 0.489 e. The Morgan fingerprint density at radius 2 is 1.71 bits per heavy atom. The number of likely N-dealkylation sites (tertiary alicyclic amines) is 1. The lowest BCUT2D eigenvalue weighted by atomic mass is 9.78. The van der Waals surface area contributed by atoms with Crippen LogP contribution in [-0.4, -0.2) is 85.1 Å². The Kier molecular flexibility index (Phi) is 7.67. The molecule has 6 aliphatic rings. The first-order valence-electron chi connectivity index (χ1n) is 16.1. The number of hydrogen-bond donors (Lipinski definition) is 1. The van der Waals surface area contributed by atoms with Crippen molar-refractivity contribution in [2.45, 2.75) is 107 Å². The Morgan fingerprint density at radius 1 is 0.952 bits per heavy atom. The van der Waals surface area contributed by atoms with Gasteiger partial charge in [-0.1, -0.05) is 12.8 Å². The molecule has 2 aliphatic carbocycles. The van der Waals surface area contributed by atoms with Crippen LogP contribution in [0.3, 0.4) is 0 Å². The summed E-state index contributed by atoms with van der Waals surface area (Å²) in [6.07, 6.45) is 11.1. The Balaban J connectivity index is 0.932. The van der Waals surface area contributed by atoms with Crippen molar-refractivity contribution in [1.82, 2.24) is 19.4 Å². The number of fused-ring (bicyclic) bond motifs is 1. The van der Waals surface area contributed by atoms with Crippen LogP contribution in [0.15, 0.2) is 18.2 Å². The lowest BCUT2D eigenvalue weighted by molar-refractivity contribution is -0.136. The molecule has 4 heterocycles. The lowest BCUT2D eigenvalue weighted by Crippen LogP contribution is -2.60. The van der Waals surface area contributed by atoms with Crippen LogP contribution in [0.2, 0.25) is 0 Å². The Morgan fingerprint density at radius 3 is 2.43 bits per heavy atom. The second kappa shape index (κ2) is 11.3. The highest BCUT2D eigenvalue weighted by Gasteiger charge is 2.45. The number of imide groups is 1. The number of nitrogens with zero attached hydrogens (tertiary/aromatic N) is 3. The van der Waals surface area contributed by atoms with Gasteiger partial charge in [-0.3, -0.25) is 24.6 Å². The number of rotatable bonds is 7. The molecule has 10 heteroatoms. The van der Waals surface area contributed by atoms with Crippen molar-refractivity contribution in [3.8, 4) is 5.75 Å². The third-order valence-electron chi connectivity index (χ3n) is 11.1. The van der Waals surface area contributed by atoms with Crippen LogP contribution in [0.4, 0.5) is 0 Å². The van der Waals surface area contributed by atoms with Crippen LogP contribution >= 0.6 is 0 Å². The van der Waals surface area contributed by atoms with E-state index in [2.05, 4.69) is 21.4 Å². The monoisotopic (exact) mass is 596 g/mol. The first kappa shape index (κ1) is 28.5. The molecule has 9 nitrogen and oxygen atoms in total. The number of carbonyl (C=O) groups is 3. The Bertz CT molecular complexity index is 1270. The van der Waals surface area contributed by atoms with E-state index < -0.39 is 17.0 Å². The van der Waals surface area contributed by atoms with Gasteiger partial charge in [-0.15, -0.1) is 0 Å². The number of benzene rings is 1. The highest BCUT2D eigenvalue weighted by Crippen LogP contribution is 2.41. The van der Waals surface area contributed by atoms with E-state index in [-0.39, 0.29) is 35.0 Å². The molecule has 3 amide bonds. The maximum atomic E-state index is 13.1. The zero-order valence-electron chi connectivity index (χ0n) is 24.7. The average molecular weight is 597 g/mol. The average Bonchev–Trinajstić information content (AvgIpc) is 3.27. The number of amides is 3. The first-order valence-corrected chi connectivity index (χ1v) is 17.2. The van der Waals surface area contributed by atoms with Crippen LogP contribution < -0.4 is 10.1 Å². The third kappa shape index (κ3) is 5.21. The molecular formula is C32H44N4O5S. The van der Waals surface area contributed by atoms with E-state index in [1.807, 2.05) is 18.2 Å². The minimum absolute atomic E-state index is 0.0252. The summed E-state index contributed by atoms with van der Waals surface area (Å²) in [6.45, 7) is 6.78. The fourth-order valence-corrected chi connectivity index (χ4v) is 10.0. The first-order chi connectivity index (χ1) is 20.3. The number of nitrogens with one attached hydrogen (secondary N) is 1. The fraction of sp³-hybridized carbons (Fsp3) is 0.719. The predicted molar refractivity (Wildman–Crippen MR) is 159 cm³/mol. The second-order valence-corrected chi connectivity index (χ2v) is 15.8. The van der Waals surface area contributed by atoms with Gasteiger partial charge in [-0.25, -0.2) is 8.51 Å². The normalized spacial score (nSPS) is 31.7. The maximum Gasteiger partial charge on any atom is 0.255 e. The van der Waals surface area contributed by atoms with Crippen molar-refractivity contribution in [3.63, 3.8) is 0 Å². The third-order valence-corrected chi connectivity index (χ3v) is 13.2. The van der Waals surface area contributed by atoms with Crippen molar-refractivity contribution >= 4 is 28.7 Å². The van der Waals surface area contributed by atoms with Gasteiger partial charge in [-0.05, 0) is 93.9 Å². The van der Waals surface area contributed by atoms with E-state index >= 15 is 0 Å². The summed E-state index contributed by atoms with van der Waals surface area (Å²) in [5, 5.41) is 2.37. The molecule has 228 valence electrons. The molecule has 0 bridgehead atoms. The molecule has 4 aliphatic heterocycles. The van der Waals surface area contributed by atoms with E-state index in [4.69, 9.17) is 4.74 Å². The van der Waals surface area contributed by atoms with E-state index in [0.717, 1.165) is 87.9 Å². The number of ether oxygens (including phenoxy) is 1. The SMILES string of the molecule is CC1(S(=O)N2CCC(C3CN(C4CCCCC4Oc4ccc5c(c4)CN(C4CCC(=O)NC4=O)C5=O)C3)CC2)CCC1. The van der Waals surface area contributed by atoms with Crippen molar-refractivity contribution in [2.24, 2.45) is 11.8 Å². The Labute approximate surface area is 251 Å². The van der Waals surface area contributed by atoms with E-state index in [1.54, 1.807) is 4.90 Å². The van der Waals surface area contributed by atoms with Gasteiger partial charge in [0.15, 0.2) is 0 Å². The topological polar surface area (TPSA) is 99.3 Å². The van der Waals surface area contributed by atoms with Gasteiger partial charge >= 0.3 is 0 Å². The quantitative estimate of drug-likeness (QED) is 0.485. The molecule has 42 heavy (non-hydrogen) atoms. The van der Waals surface area contributed by atoms with E-state index in [1.165, 1.54) is 19.3 Å². The van der Waals surface area contributed by atoms with Gasteiger partial charge in [-0.2, -0.15) is 0 Å². The summed E-state index contributed by atoms with van der Waals surface area (Å²) in [6, 6.07) is 5.52. The summed E-state index contributed by atoms with van der Waals surface area (Å²) < 4.78 is 22.0. The van der Waals surface area contributed by atoms with Crippen LogP contribution in [0, 0.1) is 11.8 Å². The molecule has 0 spiro atoms. The predicted octanol–water partition coefficient (Wildman–Crippen LogP) is 3.39. The second-order valence-electron chi connectivity index (χ2n) is 13.8. The molecule has 1 N–H and O–H groups in total. The molecule has 2 saturated carbocycles. The molecule has 4 atom stereocenters.